The normalized spacial score (nSPS) is 19.4. The Balaban J connectivity index is 2.00. The molecule has 1 aliphatic rings. The lowest BCUT2D eigenvalue weighted by molar-refractivity contribution is -0.151. The van der Waals surface area contributed by atoms with Crippen LogP contribution in [0.15, 0.2) is 6.20 Å². The van der Waals surface area contributed by atoms with Crippen LogP contribution in [0.1, 0.15) is 31.6 Å². The fourth-order valence-electron chi connectivity index (χ4n) is 2.51. The van der Waals surface area contributed by atoms with Gasteiger partial charge < -0.3 is 10.0 Å². The minimum atomic E-state index is -0.823. The maximum atomic E-state index is 12.3. The van der Waals surface area contributed by atoms with Crippen molar-refractivity contribution in [2.24, 2.45) is 11.3 Å². The van der Waals surface area contributed by atoms with Crippen LogP contribution in [0.5, 0.6) is 0 Å². The summed E-state index contributed by atoms with van der Waals surface area (Å²) < 4.78 is 0. The van der Waals surface area contributed by atoms with Crippen molar-refractivity contribution in [2.75, 3.05) is 18.4 Å². The predicted octanol–water partition coefficient (Wildman–Crippen LogP) is 2.81. The molecule has 1 aromatic heterocycles. The van der Waals surface area contributed by atoms with Crippen LogP contribution in [0.2, 0.25) is 0 Å². The van der Waals surface area contributed by atoms with Crippen molar-refractivity contribution in [3.05, 3.63) is 11.1 Å². The summed E-state index contributed by atoms with van der Waals surface area (Å²) in [7, 11) is 0. The van der Waals surface area contributed by atoms with E-state index in [1.807, 2.05) is 6.92 Å². The highest BCUT2D eigenvalue weighted by molar-refractivity contribution is 7.15. The zero-order valence-corrected chi connectivity index (χ0v) is 13.4. The monoisotopic (exact) mass is 311 g/mol. The number of piperidine rings is 1. The highest BCUT2D eigenvalue weighted by atomic mass is 32.1. The van der Waals surface area contributed by atoms with Gasteiger partial charge >= 0.3 is 12.0 Å². The summed E-state index contributed by atoms with van der Waals surface area (Å²) in [5, 5.41) is 12.7. The third-order valence-electron chi connectivity index (χ3n) is 4.12. The number of hydrogen-bond acceptors (Lipinski definition) is 4. The van der Waals surface area contributed by atoms with Crippen LogP contribution in [0.4, 0.5) is 9.93 Å². The van der Waals surface area contributed by atoms with Crippen molar-refractivity contribution in [3.63, 3.8) is 0 Å². The number of urea groups is 1. The quantitative estimate of drug-likeness (QED) is 0.899. The second-order valence-electron chi connectivity index (χ2n) is 6.02. The first-order valence-electron chi connectivity index (χ1n) is 7.02. The number of rotatable bonds is 3. The van der Waals surface area contributed by atoms with Crippen LogP contribution in [0.3, 0.4) is 0 Å². The number of nitrogens with zero attached hydrogens (tertiary/aromatic N) is 2. The first kappa shape index (κ1) is 15.8. The molecule has 0 bridgehead atoms. The predicted molar refractivity (Wildman–Crippen MR) is 81.6 cm³/mol. The molecule has 6 nitrogen and oxygen atoms in total. The number of aliphatic carboxylic acids is 1. The Morgan fingerprint density at radius 3 is 2.81 bits per heavy atom. The van der Waals surface area contributed by atoms with Gasteiger partial charge in [-0.15, -0.1) is 11.3 Å². The SMILES string of the molecule is Cc1cnc(NC(=O)N2CCCC(C(C)(C)C(=O)O)C2)s1. The Morgan fingerprint density at radius 1 is 1.52 bits per heavy atom. The Kier molecular flexibility index (Phi) is 4.51. The lowest BCUT2D eigenvalue weighted by Gasteiger charge is -2.39. The molecule has 0 radical (unpaired) electrons. The van der Waals surface area contributed by atoms with Gasteiger partial charge in [-0.3, -0.25) is 10.1 Å². The van der Waals surface area contributed by atoms with Crippen LogP contribution in [0, 0.1) is 18.3 Å². The van der Waals surface area contributed by atoms with E-state index in [1.54, 1.807) is 24.9 Å². The third-order valence-corrected chi connectivity index (χ3v) is 4.94. The average molecular weight is 311 g/mol. The summed E-state index contributed by atoms with van der Waals surface area (Å²) in [4.78, 5) is 30.5. The molecule has 0 saturated carbocycles. The molecule has 0 aliphatic carbocycles. The lowest BCUT2D eigenvalue weighted by Crippen LogP contribution is -2.48. The van der Waals surface area contributed by atoms with Crippen LogP contribution in [-0.4, -0.2) is 40.1 Å². The Hall–Kier alpha value is -1.63. The number of aromatic nitrogens is 1. The fourth-order valence-corrected chi connectivity index (χ4v) is 3.16. The Morgan fingerprint density at radius 2 is 2.24 bits per heavy atom. The number of anilines is 1. The topological polar surface area (TPSA) is 82.5 Å². The molecule has 2 heterocycles. The van der Waals surface area contributed by atoms with Gasteiger partial charge in [-0.25, -0.2) is 9.78 Å². The lowest BCUT2D eigenvalue weighted by atomic mass is 9.74. The van der Waals surface area contributed by atoms with E-state index in [9.17, 15) is 14.7 Å². The molecule has 2 rings (SSSR count). The number of aryl methyl sites for hydroxylation is 1. The maximum absolute atomic E-state index is 12.3. The molecule has 1 atom stereocenters. The number of nitrogens with one attached hydrogen (secondary N) is 1. The molecule has 1 saturated heterocycles. The molecule has 1 aromatic rings. The van der Waals surface area contributed by atoms with Gasteiger partial charge in [0.2, 0.25) is 0 Å². The summed E-state index contributed by atoms with van der Waals surface area (Å²) in [6, 6.07) is -0.199. The van der Waals surface area contributed by atoms with Crippen molar-refractivity contribution in [2.45, 2.75) is 33.6 Å². The van der Waals surface area contributed by atoms with E-state index in [2.05, 4.69) is 10.3 Å². The number of hydrogen-bond donors (Lipinski definition) is 2. The highest BCUT2D eigenvalue weighted by Gasteiger charge is 2.40. The summed E-state index contributed by atoms with van der Waals surface area (Å²) >= 11 is 1.43. The maximum Gasteiger partial charge on any atom is 0.323 e. The minimum absolute atomic E-state index is 0.0347. The summed E-state index contributed by atoms with van der Waals surface area (Å²) in [5.41, 5.74) is -0.823. The summed E-state index contributed by atoms with van der Waals surface area (Å²) in [5.74, 6) is -0.849. The second-order valence-corrected chi connectivity index (χ2v) is 7.25. The van der Waals surface area contributed by atoms with E-state index < -0.39 is 11.4 Å². The van der Waals surface area contributed by atoms with Gasteiger partial charge in [-0.2, -0.15) is 0 Å². The molecule has 1 unspecified atom stereocenters. The summed E-state index contributed by atoms with van der Waals surface area (Å²) in [6.07, 6.45) is 3.37. The van der Waals surface area contributed by atoms with Gasteiger partial charge in [0.25, 0.3) is 0 Å². The van der Waals surface area contributed by atoms with E-state index in [0.29, 0.717) is 18.2 Å². The number of carboxylic acid groups (broad SMARTS) is 1. The van der Waals surface area contributed by atoms with Gasteiger partial charge in [0, 0.05) is 24.2 Å². The molecule has 0 aromatic carbocycles. The van der Waals surface area contributed by atoms with Gasteiger partial charge in [0.1, 0.15) is 0 Å². The number of carbonyl (C=O) groups is 2. The molecule has 7 heteroatoms. The van der Waals surface area contributed by atoms with E-state index in [1.165, 1.54) is 11.3 Å². The molecule has 1 fully saturated rings. The first-order valence-corrected chi connectivity index (χ1v) is 7.84. The van der Waals surface area contributed by atoms with E-state index in [-0.39, 0.29) is 11.9 Å². The molecule has 2 amide bonds. The molecular formula is C14H21N3O3S. The first-order chi connectivity index (χ1) is 9.80. The van der Waals surface area contributed by atoms with Crippen molar-refractivity contribution < 1.29 is 14.7 Å². The van der Waals surface area contributed by atoms with E-state index in [4.69, 9.17) is 0 Å². The molecular weight excluding hydrogens is 290 g/mol. The molecule has 0 spiro atoms. The number of carboxylic acids is 1. The van der Waals surface area contributed by atoms with Crippen molar-refractivity contribution in [3.8, 4) is 0 Å². The van der Waals surface area contributed by atoms with Crippen LogP contribution in [0.25, 0.3) is 0 Å². The van der Waals surface area contributed by atoms with E-state index in [0.717, 1.165) is 17.7 Å². The average Bonchev–Trinajstić information content (AvgIpc) is 2.84. The Labute approximate surface area is 128 Å². The zero-order valence-electron chi connectivity index (χ0n) is 12.5. The fraction of sp³-hybridized carbons (Fsp3) is 0.643. The van der Waals surface area contributed by atoms with Gasteiger partial charge in [0.05, 0.1) is 5.41 Å². The minimum Gasteiger partial charge on any atom is -0.481 e. The molecule has 21 heavy (non-hydrogen) atoms. The van der Waals surface area contributed by atoms with Gasteiger partial charge in [-0.1, -0.05) is 0 Å². The summed E-state index contributed by atoms with van der Waals surface area (Å²) in [6.45, 7) is 6.51. The largest absolute Gasteiger partial charge is 0.481 e. The van der Waals surface area contributed by atoms with Crippen LogP contribution >= 0.6 is 11.3 Å². The van der Waals surface area contributed by atoms with Crippen molar-refractivity contribution in [1.29, 1.82) is 0 Å². The Bertz CT molecular complexity index is 541. The molecule has 2 N–H and O–H groups in total. The molecule has 116 valence electrons. The number of amides is 2. The standard InChI is InChI=1S/C14H21N3O3S/c1-9-7-15-12(21-9)16-13(20)17-6-4-5-10(8-17)14(2,3)11(18)19/h7,10H,4-6,8H2,1-3H3,(H,18,19)(H,15,16,20). The second kappa shape index (κ2) is 6.01. The van der Waals surface area contributed by atoms with Crippen molar-refractivity contribution >= 4 is 28.5 Å². The zero-order chi connectivity index (χ0) is 15.6. The number of thiazole rings is 1. The number of likely N-dealkylation sites (tertiary alicyclic amines) is 1. The van der Waals surface area contributed by atoms with Crippen LogP contribution in [-0.2, 0) is 4.79 Å². The highest BCUT2D eigenvalue weighted by Crippen LogP contribution is 2.34. The van der Waals surface area contributed by atoms with E-state index >= 15 is 0 Å². The molecule has 1 aliphatic heterocycles. The van der Waals surface area contributed by atoms with Gasteiger partial charge in [0.15, 0.2) is 5.13 Å². The third kappa shape index (κ3) is 3.53. The van der Waals surface area contributed by atoms with Gasteiger partial charge in [-0.05, 0) is 39.5 Å². The number of carbonyl (C=O) groups excluding carboxylic acids is 1. The van der Waals surface area contributed by atoms with Crippen LogP contribution < -0.4 is 5.32 Å². The van der Waals surface area contributed by atoms with Crippen molar-refractivity contribution in [1.82, 2.24) is 9.88 Å². The smallest absolute Gasteiger partial charge is 0.323 e.